The molecule has 0 bridgehead atoms. The molecule has 0 saturated carbocycles. The van der Waals surface area contributed by atoms with Gasteiger partial charge in [-0.05, 0) is 23.5 Å². The highest BCUT2D eigenvalue weighted by Crippen LogP contribution is 2.23. The Morgan fingerprint density at radius 3 is 2.25 bits per heavy atom. The molecular formula is C11H17F. The van der Waals surface area contributed by atoms with Gasteiger partial charge in [0.05, 0.1) is 0 Å². The maximum Gasteiger partial charge on any atom is 0.129 e. The lowest BCUT2D eigenvalue weighted by molar-refractivity contribution is 0.609. The summed E-state index contributed by atoms with van der Waals surface area (Å²) >= 11 is 0. The molecule has 0 aliphatic carbocycles. The van der Waals surface area contributed by atoms with Gasteiger partial charge in [-0.3, -0.25) is 0 Å². The van der Waals surface area contributed by atoms with Crippen LogP contribution < -0.4 is 0 Å². The molecule has 68 valence electrons. The second-order valence-electron chi connectivity index (χ2n) is 3.09. The molecule has 0 spiro atoms. The number of allylic oxidation sites excluding steroid dienone is 4. The lowest BCUT2D eigenvalue weighted by Crippen LogP contribution is -1.95. The Bertz CT molecular complexity index is 209. The molecule has 0 saturated heterocycles. The Kier molecular flexibility index (Phi) is 4.57. The van der Waals surface area contributed by atoms with Gasteiger partial charge in [0, 0.05) is 0 Å². The smallest absolute Gasteiger partial charge is 0.129 e. The van der Waals surface area contributed by atoms with E-state index in [0.29, 0.717) is 17.6 Å². The summed E-state index contributed by atoms with van der Waals surface area (Å²) in [6.45, 7) is 13.0. The Morgan fingerprint density at radius 2 is 2.00 bits per heavy atom. The van der Waals surface area contributed by atoms with Crippen molar-refractivity contribution in [1.29, 1.82) is 0 Å². The number of hydrogen-bond donors (Lipinski definition) is 0. The van der Waals surface area contributed by atoms with Crippen LogP contribution in [0, 0.1) is 5.92 Å². The normalized spacial score (nSPS) is 12.8. The van der Waals surface area contributed by atoms with Crippen molar-refractivity contribution in [3.63, 3.8) is 0 Å². The lowest BCUT2D eigenvalue weighted by Gasteiger charge is -2.09. The van der Waals surface area contributed by atoms with E-state index in [4.69, 9.17) is 0 Å². The monoisotopic (exact) mass is 168 g/mol. The molecule has 0 atom stereocenters. The zero-order chi connectivity index (χ0) is 9.72. The van der Waals surface area contributed by atoms with E-state index in [0.717, 1.165) is 0 Å². The average Bonchev–Trinajstić information content (AvgIpc) is 2.03. The molecule has 0 rings (SSSR count). The second-order valence-corrected chi connectivity index (χ2v) is 3.09. The first kappa shape index (κ1) is 11.2. The summed E-state index contributed by atoms with van der Waals surface area (Å²) in [6, 6.07) is 0. The molecule has 0 aromatic rings. The first-order chi connectivity index (χ1) is 5.54. The molecule has 0 N–H and O–H groups in total. The molecule has 0 heterocycles. The quantitative estimate of drug-likeness (QED) is 0.556. The molecule has 0 nitrogen and oxygen atoms in total. The van der Waals surface area contributed by atoms with E-state index in [-0.39, 0.29) is 11.7 Å². The molecule has 0 aromatic carbocycles. The van der Waals surface area contributed by atoms with Crippen LogP contribution in [-0.4, -0.2) is 0 Å². The predicted molar refractivity (Wildman–Crippen MR) is 52.6 cm³/mol. The minimum absolute atomic E-state index is 0.172. The Balaban J connectivity index is 4.84. The van der Waals surface area contributed by atoms with Gasteiger partial charge in [-0.15, -0.1) is 0 Å². The number of hydrogen-bond acceptors (Lipinski definition) is 0. The molecule has 0 fully saturated rings. The summed E-state index contributed by atoms with van der Waals surface area (Å²) in [7, 11) is 0. The SMILES string of the molecule is C=C/C(=C(/F)C(=C)CC)C(C)C. The van der Waals surface area contributed by atoms with Gasteiger partial charge in [-0.1, -0.05) is 40.0 Å². The summed E-state index contributed by atoms with van der Waals surface area (Å²) in [4.78, 5) is 0. The third kappa shape index (κ3) is 2.65. The fourth-order valence-corrected chi connectivity index (χ4v) is 0.938. The van der Waals surface area contributed by atoms with Gasteiger partial charge in [0.1, 0.15) is 5.83 Å². The van der Waals surface area contributed by atoms with Crippen molar-refractivity contribution in [3.05, 3.63) is 36.2 Å². The van der Waals surface area contributed by atoms with Gasteiger partial charge in [-0.2, -0.15) is 0 Å². The standard InChI is InChI=1S/C11H17F/c1-6-9(5)11(12)10(7-2)8(3)4/h7-8H,2,5-6H2,1,3-4H3/b11-10-. The number of rotatable bonds is 4. The van der Waals surface area contributed by atoms with Crippen LogP contribution >= 0.6 is 0 Å². The van der Waals surface area contributed by atoms with Crippen molar-refractivity contribution in [2.24, 2.45) is 5.92 Å². The van der Waals surface area contributed by atoms with Crippen molar-refractivity contribution < 1.29 is 4.39 Å². The molecule has 0 unspecified atom stereocenters. The van der Waals surface area contributed by atoms with E-state index in [1.54, 1.807) is 6.08 Å². The van der Waals surface area contributed by atoms with Crippen molar-refractivity contribution >= 4 is 0 Å². The molecule has 12 heavy (non-hydrogen) atoms. The first-order valence-electron chi connectivity index (χ1n) is 4.24. The average molecular weight is 168 g/mol. The van der Waals surface area contributed by atoms with Crippen LogP contribution in [0.2, 0.25) is 0 Å². The van der Waals surface area contributed by atoms with Crippen LogP contribution in [0.15, 0.2) is 36.2 Å². The Hall–Kier alpha value is -0.850. The minimum atomic E-state index is -0.192. The molecule has 0 aliphatic rings. The molecule has 1 heteroatoms. The van der Waals surface area contributed by atoms with Crippen molar-refractivity contribution in [3.8, 4) is 0 Å². The van der Waals surface area contributed by atoms with Gasteiger partial charge in [0.25, 0.3) is 0 Å². The zero-order valence-electron chi connectivity index (χ0n) is 8.15. The highest BCUT2D eigenvalue weighted by molar-refractivity contribution is 5.34. The van der Waals surface area contributed by atoms with Crippen molar-refractivity contribution in [2.75, 3.05) is 0 Å². The molecule has 0 amide bonds. The van der Waals surface area contributed by atoms with Gasteiger partial charge in [0.2, 0.25) is 0 Å². The largest absolute Gasteiger partial charge is 0.206 e. The van der Waals surface area contributed by atoms with Gasteiger partial charge < -0.3 is 0 Å². The summed E-state index contributed by atoms with van der Waals surface area (Å²) in [5.41, 5.74) is 1.21. The van der Waals surface area contributed by atoms with Crippen LogP contribution in [0.5, 0.6) is 0 Å². The van der Waals surface area contributed by atoms with E-state index in [1.165, 1.54) is 0 Å². The van der Waals surface area contributed by atoms with Crippen LogP contribution in [0.1, 0.15) is 27.2 Å². The zero-order valence-corrected chi connectivity index (χ0v) is 8.15. The summed E-state index contributed by atoms with van der Waals surface area (Å²) in [6.07, 6.45) is 2.22. The van der Waals surface area contributed by atoms with Crippen molar-refractivity contribution in [1.82, 2.24) is 0 Å². The molecule has 0 radical (unpaired) electrons. The highest BCUT2D eigenvalue weighted by Gasteiger charge is 2.08. The molecular weight excluding hydrogens is 151 g/mol. The van der Waals surface area contributed by atoms with Crippen LogP contribution in [0.4, 0.5) is 4.39 Å². The lowest BCUT2D eigenvalue weighted by atomic mass is 9.99. The maximum atomic E-state index is 13.4. The first-order valence-corrected chi connectivity index (χ1v) is 4.24. The maximum absolute atomic E-state index is 13.4. The fraction of sp³-hybridized carbons (Fsp3) is 0.455. The van der Waals surface area contributed by atoms with E-state index in [1.807, 2.05) is 20.8 Å². The summed E-state index contributed by atoms with van der Waals surface area (Å²) in [5, 5.41) is 0. The fourth-order valence-electron chi connectivity index (χ4n) is 0.938. The summed E-state index contributed by atoms with van der Waals surface area (Å²) in [5.74, 6) is -0.0201. The van der Waals surface area contributed by atoms with Gasteiger partial charge in [0.15, 0.2) is 0 Å². The Morgan fingerprint density at radius 1 is 1.50 bits per heavy atom. The minimum Gasteiger partial charge on any atom is -0.206 e. The molecule has 0 aromatic heterocycles. The van der Waals surface area contributed by atoms with Crippen LogP contribution in [-0.2, 0) is 0 Å². The number of halogens is 1. The van der Waals surface area contributed by atoms with E-state index >= 15 is 0 Å². The van der Waals surface area contributed by atoms with E-state index in [9.17, 15) is 4.39 Å². The van der Waals surface area contributed by atoms with Gasteiger partial charge in [-0.25, -0.2) is 4.39 Å². The third-order valence-corrected chi connectivity index (χ3v) is 1.83. The van der Waals surface area contributed by atoms with Crippen LogP contribution in [0.3, 0.4) is 0 Å². The Labute approximate surface area is 74.5 Å². The van der Waals surface area contributed by atoms with Gasteiger partial charge >= 0.3 is 0 Å². The van der Waals surface area contributed by atoms with E-state index < -0.39 is 0 Å². The predicted octanol–water partition coefficient (Wildman–Crippen LogP) is 4.02. The highest BCUT2D eigenvalue weighted by atomic mass is 19.1. The summed E-state index contributed by atoms with van der Waals surface area (Å²) < 4.78 is 13.4. The third-order valence-electron chi connectivity index (χ3n) is 1.83. The van der Waals surface area contributed by atoms with Crippen molar-refractivity contribution in [2.45, 2.75) is 27.2 Å². The topological polar surface area (TPSA) is 0 Å². The van der Waals surface area contributed by atoms with E-state index in [2.05, 4.69) is 13.2 Å². The second kappa shape index (κ2) is 4.91. The molecule has 0 aliphatic heterocycles. The van der Waals surface area contributed by atoms with Crippen LogP contribution in [0.25, 0.3) is 0 Å².